The first-order chi connectivity index (χ1) is 6.36. The number of rotatable bonds is 2. The van der Waals surface area contributed by atoms with E-state index in [1.807, 2.05) is 0 Å². The molecular formula is C11H19NO. The molecule has 1 heterocycles. The molecule has 0 spiro atoms. The summed E-state index contributed by atoms with van der Waals surface area (Å²) in [6.45, 7) is 2.08. The summed E-state index contributed by atoms with van der Waals surface area (Å²) in [4.78, 5) is 13.5. The highest BCUT2D eigenvalue weighted by Gasteiger charge is 2.24. The summed E-state index contributed by atoms with van der Waals surface area (Å²) in [5.41, 5.74) is 0. The second kappa shape index (κ2) is 4.12. The number of hydrogen-bond acceptors (Lipinski definition) is 1. The molecule has 0 aromatic heterocycles. The van der Waals surface area contributed by atoms with Gasteiger partial charge in [0.05, 0.1) is 0 Å². The van der Waals surface area contributed by atoms with Crippen LogP contribution in [0.15, 0.2) is 0 Å². The SMILES string of the molecule is O=C1CCCN1CC1CCCCC1. The molecule has 13 heavy (non-hydrogen) atoms. The first-order valence-corrected chi connectivity index (χ1v) is 5.64. The number of amides is 1. The number of likely N-dealkylation sites (tertiary alicyclic amines) is 1. The van der Waals surface area contributed by atoms with Gasteiger partial charge in [-0.2, -0.15) is 0 Å². The van der Waals surface area contributed by atoms with E-state index < -0.39 is 0 Å². The van der Waals surface area contributed by atoms with Crippen LogP contribution in [-0.2, 0) is 4.79 Å². The highest BCUT2D eigenvalue weighted by atomic mass is 16.2. The van der Waals surface area contributed by atoms with Crippen molar-refractivity contribution in [3.05, 3.63) is 0 Å². The van der Waals surface area contributed by atoms with Crippen molar-refractivity contribution < 1.29 is 4.79 Å². The lowest BCUT2D eigenvalue weighted by atomic mass is 9.89. The smallest absolute Gasteiger partial charge is 0.222 e. The van der Waals surface area contributed by atoms with Gasteiger partial charge in [0.15, 0.2) is 0 Å². The lowest BCUT2D eigenvalue weighted by molar-refractivity contribution is -0.128. The van der Waals surface area contributed by atoms with E-state index >= 15 is 0 Å². The Bertz CT molecular complexity index is 185. The molecule has 2 nitrogen and oxygen atoms in total. The first kappa shape index (κ1) is 9.04. The lowest BCUT2D eigenvalue weighted by Crippen LogP contribution is -2.31. The van der Waals surface area contributed by atoms with Crippen molar-refractivity contribution in [2.45, 2.75) is 44.9 Å². The summed E-state index contributed by atoms with van der Waals surface area (Å²) in [5.74, 6) is 1.21. The fraction of sp³-hybridized carbons (Fsp3) is 0.909. The Balaban J connectivity index is 1.79. The quantitative estimate of drug-likeness (QED) is 0.639. The van der Waals surface area contributed by atoms with E-state index in [1.54, 1.807) is 0 Å². The van der Waals surface area contributed by atoms with Crippen LogP contribution < -0.4 is 0 Å². The van der Waals surface area contributed by atoms with Crippen LogP contribution in [0.4, 0.5) is 0 Å². The average Bonchev–Trinajstić information content (AvgIpc) is 2.54. The zero-order valence-electron chi connectivity index (χ0n) is 8.30. The van der Waals surface area contributed by atoms with Gasteiger partial charge in [-0.25, -0.2) is 0 Å². The molecule has 1 saturated heterocycles. The van der Waals surface area contributed by atoms with E-state index in [4.69, 9.17) is 0 Å². The van der Waals surface area contributed by atoms with Crippen LogP contribution in [0.1, 0.15) is 44.9 Å². The average molecular weight is 181 g/mol. The molecule has 1 amide bonds. The van der Waals surface area contributed by atoms with Gasteiger partial charge in [-0.3, -0.25) is 4.79 Å². The van der Waals surface area contributed by atoms with E-state index in [-0.39, 0.29) is 0 Å². The highest BCUT2D eigenvalue weighted by Crippen LogP contribution is 2.25. The summed E-state index contributed by atoms with van der Waals surface area (Å²) in [6, 6.07) is 0. The van der Waals surface area contributed by atoms with Crippen molar-refractivity contribution >= 4 is 5.91 Å². The maximum absolute atomic E-state index is 11.4. The monoisotopic (exact) mass is 181 g/mol. The van der Waals surface area contributed by atoms with Gasteiger partial charge in [-0.1, -0.05) is 19.3 Å². The number of carbonyl (C=O) groups is 1. The van der Waals surface area contributed by atoms with Crippen LogP contribution in [0.3, 0.4) is 0 Å². The van der Waals surface area contributed by atoms with Crippen molar-refractivity contribution in [2.24, 2.45) is 5.92 Å². The Kier molecular flexibility index (Phi) is 2.87. The van der Waals surface area contributed by atoms with Gasteiger partial charge >= 0.3 is 0 Å². The largest absolute Gasteiger partial charge is 0.342 e. The molecule has 2 fully saturated rings. The third-order valence-corrected chi connectivity index (χ3v) is 3.37. The van der Waals surface area contributed by atoms with Crippen LogP contribution in [0.2, 0.25) is 0 Å². The summed E-state index contributed by atoms with van der Waals surface area (Å²) in [6.07, 6.45) is 8.76. The Hall–Kier alpha value is -0.530. The molecule has 0 bridgehead atoms. The van der Waals surface area contributed by atoms with Crippen LogP contribution in [0.5, 0.6) is 0 Å². The van der Waals surface area contributed by atoms with Gasteiger partial charge in [0.1, 0.15) is 0 Å². The zero-order chi connectivity index (χ0) is 9.10. The molecule has 2 aliphatic rings. The molecule has 0 N–H and O–H groups in total. The van der Waals surface area contributed by atoms with Gasteiger partial charge in [-0.15, -0.1) is 0 Å². The minimum atomic E-state index is 0.394. The van der Waals surface area contributed by atoms with Gasteiger partial charge in [0.2, 0.25) is 5.91 Å². The van der Waals surface area contributed by atoms with Crippen LogP contribution in [-0.4, -0.2) is 23.9 Å². The van der Waals surface area contributed by atoms with Crippen molar-refractivity contribution in [2.75, 3.05) is 13.1 Å². The second-order valence-corrected chi connectivity index (χ2v) is 4.45. The van der Waals surface area contributed by atoms with Crippen molar-refractivity contribution in [3.63, 3.8) is 0 Å². The van der Waals surface area contributed by atoms with Gasteiger partial charge in [-0.05, 0) is 25.2 Å². The Labute approximate surface area is 80.3 Å². The molecule has 0 aromatic rings. The zero-order valence-corrected chi connectivity index (χ0v) is 8.30. The van der Waals surface area contributed by atoms with Crippen LogP contribution >= 0.6 is 0 Å². The number of hydrogen-bond donors (Lipinski definition) is 0. The Morgan fingerprint density at radius 3 is 2.54 bits per heavy atom. The lowest BCUT2D eigenvalue weighted by Gasteiger charge is -2.26. The Morgan fingerprint density at radius 2 is 1.92 bits per heavy atom. The molecule has 1 aliphatic carbocycles. The molecule has 74 valence electrons. The third-order valence-electron chi connectivity index (χ3n) is 3.37. The molecule has 1 aliphatic heterocycles. The fourth-order valence-corrected chi connectivity index (χ4v) is 2.58. The van der Waals surface area contributed by atoms with Crippen molar-refractivity contribution in [1.29, 1.82) is 0 Å². The highest BCUT2D eigenvalue weighted by molar-refractivity contribution is 5.78. The second-order valence-electron chi connectivity index (χ2n) is 4.45. The van der Waals surface area contributed by atoms with Crippen molar-refractivity contribution in [3.8, 4) is 0 Å². The predicted molar refractivity (Wildman–Crippen MR) is 52.4 cm³/mol. The standard InChI is InChI=1S/C11H19NO/c13-11-7-4-8-12(11)9-10-5-2-1-3-6-10/h10H,1-9H2. The van der Waals surface area contributed by atoms with Gasteiger partial charge in [0.25, 0.3) is 0 Å². The minimum Gasteiger partial charge on any atom is -0.342 e. The van der Waals surface area contributed by atoms with Crippen LogP contribution in [0.25, 0.3) is 0 Å². The molecule has 0 radical (unpaired) electrons. The molecular weight excluding hydrogens is 162 g/mol. The maximum Gasteiger partial charge on any atom is 0.222 e. The number of nitrogens with zero attached hydrogens (tertiary/aromatic N) is 1. The fourth-order valence-electron chi connectivity index (χ4n) is 2.58. The maximum atomic E-state index is 11.4. The van der Waals surface area contributed by atoms with E-state index in [2.05, 4.69) is 4.90 Å². The minimum absolute atomic E-state index is 0.394. The van der Waals surface area contributed by atoms with Crippen LogP contribution in [0, 0.1) is 5.92 Å². The molecule has 0 aromatic carbocycles. The van der Waals surface area contributed by atoms with Crippen molar-refractivity contribution in [1.82, 2.24) is 4.90 Å². The molecule has 2 heteroatoms. The van der Waals surface area contributed by atoms with E-state index in [9.17, 15) is 4.79 Å². The molecule has 2 rings (SSSR count). The summed E-state index contributed by atoms with van der Waals surface area (Å²) >= 11 is 0. The third kappa shape index (κ3) is 2.23. The van der Waals surface area contributed by atoms with E-state index in [0.29, 0.717) is 5.91 Å². The summed E-state index contributed by atoms with van der Waals surface area (Å²) in [7, 11) is 0. The summed E-state index contributed by atoms with van der Waals surface area (Å²) in [5, 5.41) is 0. The Morgan fingerprint density at radius 1 is 1.15 bits per heavy atom. The molecule has 0 unspecified atom stereocenters. The number of carbonyl (C=O) groups excluding carboxylic acids is 1. The molecule has 1 saturated carbocycles. The van der Waals surface area contributed by atoms with Gasteiger partial charge in [0, 0.05) is 19.5 Å². The topological polar surface area (TPSA) is 20.3 Å². The van der Waals surface area contributed by atoms with E-state index in [0.717, 1.165) is 31.8 Å². The predicted octanol–water partition coefficient (Wildman–Crippen LogP) is 2.19. The first-order valence-electron chi connectivity index (χ1n) is 5.64. The van der Waals surface area contributed by atoms with E-state index in [1.165, 1.54) is 32.1 Å². The normalized spacial score (nSPS) is 25.5. The van der Waals surface area contributed by atoms with Gasteiger partial charge < -0.3 is 4.90 Å². The summed E-state index contributed by atoms with van der Waals surface area (Å²) < 4.78 is 0. The molecule has 0 atom stereocenters.